The van der Waals surface area contributed by atoms with E-state index in [9.17, 15) is 0 Å². The van der Waals surface area contributed by atoms with Crippen LogP contribution in [0.25, 0.3) is 0 Å². The Bertz CT molecular complexity index is 333. The number of hydrogen-bond donors (Lipinski definition) is 1. The number of methoxy groups -OCH3 is 1. The molecule has 0 atom stereocenters. The third kappa shape index (κ3) is 3.98. The summed E-state index contributed by atoms with van der Waals surface area (Å²) in [6.07, 6.45) is 9.01. The molecule has 0 saturated heterocycles. The van der Waals surface area contributed by atoms with Crippen LogP contribution in [0, 0.1) is 0 Å². The first kappa shape index (κ1) is 13.3. The van der Waals surface area contributed by atoms with Gasteiger partial charge in [0.2, 0.25) is 0 Å². The number of rotatable bonds is 5. The van der Waals surface area contributed by atoms with E-state index in [0.717, 1.165) is 5.82 Å². The molecule has 0 aromatic carbocycles. The molecule has 1 aromatic heterocycles. The molecule has 0 radical (unpaired) electrons. The molecule has 1 aliphatic carbocycles. The Balaban J connectivity index is 1.86. The van der Waals surface area contributed by atoms with Crippen LogP contribution < -0.4 is 5.32 Å². The minimum absolute atomic E-state index is 0.479. The molecular weight excluding hydrogens is 230 g/mol. The van der Waals surface area contributed by atoms with Gasteiger partial charge in [0, 0.05) is 19.6 Å². The van der Waals surface area contributed by atoms with Gasteiger partial charge in [-0.3, -0.25) is 0 Å². The van der Waals surface area contributed by atoms with Crippen LogP contribution in [0.2, 0.25) is 0 Å². The van der Waals surface area contributed by atoms with Crippen molar-refractivity contribution in [1.29, 1.82) is 0 Å². The quantitative estimate of drug-likeness (QED) is 0.817. The number of hydrogen-bond acceptors (Lipinski definition) is 5. The van der Waals surface area contributed by atoms with Crippen LogP contribution >= 0.6 is 0 Å². The van der Waals surface area contributed by atoms with Crippen LogP contribution in [0.15, 0.2) is 4.52 Å². The van der Waals surface area contributed by atoms with Crippen molar-refractivity contribution in [1.82, 2.24) is 10.1 Å². The highest BCUT2D eigenvalue weighted by atomic mass is 16.5. The van der Waals surface area contributed by atoms with Crippen molar-refractivity contribution in [2.24, 2.45) is 0 Å². The molecule has 1 aromatic rings. The molecule has 1 N–H and O–H groups in total. The first-order valence-electron chi connectivity index (χ1n) is 6.96. The second-order valence-electron chi connectivity index (χ2n) is 4.92. The van der Waals surface area contributed by atoms with Crippen molar-refractivity contribution in [2.75, 3.05) is 25.6 Å². The molecule has 2 rings (SSSR count). The van der Waals surface area contributed by atoms with Gasteiger partial charge in [-0.1, -0.05) is 37.3 Å². The van der Waals surface area contributed by atoms with Gasteiger partial charge in [0.25, 0.3) is 0 Å². The third-order valence-corrected chi connectivity index (χ3v) is 3.49. The lowest BCUT2D eigenvalue weighted by molar-refractivity contribution is 0.210. The number of nitrogens with zero attached hydrogens (tertiary/aromatic N) is 2. The predicted octanol–water partition coefficient (Wildman–Crippen LogP) is 2.96. The van der Waals surface area contributed by atoms with E-state index in [1.165, 1.54) is 44.9 Å². The first-order chi connectivity index (χ1) is 8.90. The monoisotopic (exact) mass is 253 g/mol. The highest BCUT2D eigenvalue weighted by Crippen LogP contribution is 2.29. The van der Waals surface area contributed by atoms with Gasteiger partial charge in [-0.25, -0.2) is 0 Å². The molecular formula is C13H23N3O2. The Morgan fingerprint density at radius 1 is 1.22 bits per heavy atom. The van der Waals surface area contributed by atoms with E-state index < -0.39 is 0 Å². The summed E-state index contributed by atoms with van der Waals surface area (Å²) in [7, 11) is 1.68. The topological polar surface area (TPSA) is 60.2 Å². The second kappa shape index (κ2) is 7.36. The molecule has 0 aliphatic heterocycles. The van der Waals surface area contributed by atoms with E-state index in [-0.39, 0.29) is 0 Å². The fourth-order valence-corrected chi connectivity index (χ4v) is 2.45. The Hall–Kier alpha value is -1.10. The lowest BCUT2D eigenvalue weighted by Gasteiger charge is -2.15. The van der Waals surface area contributed by atoms with Gasteiger partial charge in [0.05, 0.1) is 6.61 Å². The standard InChI is InChI=1S/C13H23N3O2/c1-17-10-9-14-13-15-12(16-18-13)11-7-5-3-2-4-6-8-11/h11H,2-10H2,1H3,(H,14,15,16). The van der Waals surface area contributed by atoms with Crippen molar-refractivity contribution in [3.05, 3.63) is 5.82 Å². The highest BCUT2D eigenvalue weighted by molar-refractivity contribution is 5.19. The molecule has 0 bridgehead atoms. The minimum atomic E-state index is 0.479. The summed E-state index contributed by atoms with van der Waals surface area (Å²) in [5, 5.41) is 7.17. The molecule has 102 valence electrons. The van der Waals surface area contributed by atoms with Crippen molar-refractivity contribution in [2.45, 2.75) is 50.9 Å². The molecule has 0 unspecified atom stereocenters. The molecule has 5 nitrogen and oxygen atoms in total. The van der Waals surface area contributed by atoms with Gasteiger partial charge in [-0.2, -0.15) is 4.98 Å². The third-order valence-electron chi connectivity index (χ3n) is 3.49. The number of ether oxygens (including phenoxy) is 1. The largest absolute Gasteiger partial charge is 0.383 e. The average molecular weight is 253 g/mol. The van der Waals surface area contributed by atoms with E-state index in [1.807, 2.05) is 0 Å². The molecule has 1 saturated carbocycles. The summed E-state index contributed by atoms with van der Waals surface area (Å²) in [4.78, 5) is 4.43. The first-order valence-corrected chi connectivity index (χ1v) is 6.96. The fraction of sp³-hybridized carbons (Fsp3) is 0.846. The van der Waals surface area contributed by atoms with E-state index in [4.69, 9.17) is 9.26 Å². The number of nitrogens with one attached hydrogen (secondary N) is 1. The SMILES string of the molecule is COCCNc1nc(C2CCCCCCC2)no1. The highest BCUT2D eigenvalue weighted by Gasteiger charge is 2.19. The maximum atomic E-state index is 5.21. The van der Waals surface area contributed by atoms with Crippen LogP contribution in [0.3, 0.4) is 0 Å². The van der Waals surface area contributed by atoms with Gasteiger partial charge in [0.1, 0.15) is 0 Å². The maximum Gasteiger partial charge on any atom is 0.321 e. The predicted molar refractivity (Wildman–Crippen MR) is 69.7 cm³/mol. The van der Waals surface area contributed by atoms with Gasteiger partial charge >= 0.3 is 6.01 Å². The average Bonchev–Trinajstić information content (AvgIpc) is 2.78. The van der Waals surface area contributed by atoms with Crippen molar-refractivity contribution in [3.8, 4) is 0 Å². The van der Waals surface area contributed by atoms with Gasteiger partial charge in [0.15, 0.2) is 5.82 Å². The van der Waals surface area contributed by atoms with E-state index in [2.05, 4.69) is 15.5 Å². The summed E-state index contributed by atoms with van der Waals surface area (Å²) < 4.78 is 10.2. The van der Waals surface area contributed by atoms with Crippen LogP contribution in [0.1, 0.15) is 56.7 Å². The Morgan fingerprint density at radius 2 is 1.94 bits per heavy atom. The Morgan fingerprint density at radius 3 is 2.67 bits per heavy atom. The summed E-state index contributed by atoms with van der Waals surface area (Å²) in [6, 6.07) is 0.518. The van der Waals surface area contributed by atoms with Crippen LogP contribution in [0.5, 0.6) is 0 Å². The molecule has 0 amide bonds. The van der Waals surface area contributed by atoms with Crippen LogP contribution in [-0.4, -0.2) is 30.4 Å². The fourth-order valence-electron chi connectivity index (χ4n) is 2.45. The van der Waals surface area contributed by atoms with Gasteiger partial charge in [-0.15, -0.1) is 0 Å². The molecule has 0 spiro atoms. The van der Waals surface area contributed by atoms with Crippen molar-refractivity contribution < 1.29 is 9.26 Å². The van der Waals surface area contributed by atoms with Crippen molar-refractivity contribution in [3.63, 3.8) is 0 Å². The summed E-state index contributed by atoms with van der Waals surface area (Å²) in [6.45, 7) is 1.34. The molecule has 5 heteroatoms. The van der Waals surface area contributed by atoms with Gasteiger partial charge in [-0.05, 0) is 12.8 Å². The van der Waals surface area contributed by atoms with E-state index >= 15 is 0 Å². The van der Waals surface area contributed by atoms with Gasteiger partial charge < -0.3 is 14.6 Å². The van der Waals surface area contributed by atoms with Crippen molar-refractivity contribution >= 4 is 6.01 Å². The second-order valence-corrected chi connectivity index (χ2v) is 4.92. The zero-order valence-corrected chi connectivity index (χ0v) is 11.2. The smallest absolute Gasteiger partial charge is 0.321 e. The maximum absolute atomic E-state index is 5.21. The molecule has 1 heterocycles. The van der Waals surface area contributed by atoms with Crippen LogP contribution in [0.4, 0.5) is 6.01 Å². The number of aromatic nitrogens is 2. The number of anilines is 1. The Kier molecular flexibility index (Phi) is 5.45. The molecule has 1 fully saturated rings. The summed E-state index contributed by atoms with van der Waals surface area (Å²) >= 11 is 0. The molecule has 1 aliphatic rings. The van der Waals surface area contributed by atoms with Crippen LogP contribution in [-0.2, 0) is 4.74 Å². The zero-order valence-electron chi connectivity index (χ0n) is 11.2. The minimum Gasteiger partial charge on any atom is -0.383 e. The zero-order chi connectivity index (χ0) is 12.6. The molecule has 18 heavy (non-hydrogen) atoms. The summed E-state index contributed by atoms with van der Waals surface area (Å²) in [5.74, 6) is 1.35. The summed E-state index contributed by atoms with van der Waals surface area (Å²) in [5.41, 5.74) is 0. The Labute approximate surface area is 108 Å². The lowest BCUT2D eigenvalue weighted by atomic mass is 9.91. The van der Waals surface area contributed by atoms with E-state index in [0.29, 0.717) is 25.1 Å². The normalized spacial score (nSPS) is 18.3. The lowest BCUT2D eigenvalue weighted by Crippen LogP contribution is -2.08. The van der Waals surface area contributed by atoms with E-state index in [1.54, 1.807) is 7.11 Å².